The molecule has 0 aliphatic carbocycles. The number of nitrogens with one attached hydrogen (secondary N) is 4. The first kappa shape index (κ1) is 92.2. The zero-order valence-corrected chi connectivity index (χ0v) is 60.9. The Labute approximate surface area is 623 Å². The number of hydrogen-bond donors (Lipinski definition) is 5. The van der Waals surface area contributed by atoms with Crippen molar-refractivity contribution in [3.05, 3.63) is 234 Å². The maximum atomic E-state index is 12.1. The van der Waals surface area contributed by atoms with Gasteiger partial charge in [-0.3, -0.25) is 9.59 Å². The molecule has 3 aliphatic rings. The Balaban J connectivity index is 0. The Hall–Kier alpha value is -5.89. The standard InChI is InChI=1S/C25H29N3O.C23H23ClN2O.C23H24N2O2.C2H7N.3CH4.4ClH.3H2S/c1-18(23-10-6-8-19-7-4-5-9-24(19)23)26-21-15-16-28(17-21)22-13-11-20(12-14-22)25(29)27(2)3;1-16(21-8-4-6-17-5-2-3-7-22(17)21)25-19-13-14-26(15-19)20-11-9-18(10-12-20)23(24)27;1-16(21-8-4-6-17-5-2-3-7-22(17)21)24-19-13-14-25(15-19)20-11-9-18(10-12-20)23(26)27;1-3-2;;;;;;;;;;/h4-14,18,21,26H,15-17H2,1-3H3;2-12,16,19,25H,13-15H2,1H3;2-12,16,19,24H,13-15H2,1H3,(H,26,27);3H,1-2H3;3*1H4;4*1H;3*1H2/t18-,21+;2*16-,19+;;;;;;;;;;;/m111.........../s1. The number of halogens is 5. The lowest BCUT2D eigenvalue weighted by atomic mass is 9.99. The van der Waals surface area contributed by atoms with Gasteiger partial charge >= 0.3 is 5.97 Å². The quantitative estimate of drug-likeness (QED) is 0.0629. The summed E-state index contributed by atoms with van der Waals surface area (Å²) in [6.07, 6.45) is 3.30. The van der Waals surface area contributed by atoms with Crippen molar-refractivity contribution in [3.63, 3.8) is 0 Å². The van der Waals surface area contributed by atoms with E-state index in [9.17, 15) is 14.4 Å². The molecule has 3 saturated heterocycles. The average Bonchev–Trinajstić information content (AvgIpc) is 1.08. The molecule has 0 radical (unpaired) electrons. The number of benzene rings is 9. The number of hydrogen-bond acceptors (Lipinski definition) is 10. The maximum absolute atomic E-state index is 12.1. The first-order valence-electron chi connectivity index (χ1n) is 30.2. The van der Waals surface area contributed by atoms with Crippen LogP contribution in [0.1, 0.15) is 128 Å². The van der Waals surface area contributed by atoms with Gasteiger partial charge in [0.05, 0.1) is 5.56 Å². The topological polar surface area (TPSA) is 133 Å². The lowest BCUT2D eigenvalue weighted by Crippen LogP contribution is -2.34. The van der Waals surface area contributed by atoms with Gasteiger partial charge in [0.25, 0.3) is 11.1 Å². The summed E-state index contributed by atoms with van der Waals surface area (Å²) in [4.78, 5) is 43.0. The van der Waals surface area contributed by atoms with Crippen LogP contribution in [0.4, 0.5) is 17.1 Å². The van der Waals surface area contributed by atoms with Gasteiger partial charge in [0.15, 0.2) is 0 Å². The molecular formula is C76H105Cl5N8O4S3. The fourth-order valence-electron chi connectivity index (χ4n) is 12.3. The van der Waals surface area contributed by atoms with Crippen LogP contribution in [0.3, 0.4) is 0 Å². The lowest BCUT2D eigenvalue weighted by molar-refractivity contribution is 0.0696. The molecule has 1 amide bonds. The van der Waals surface area contributed by atoms with E-state index in [0.29, 0.717) is 35.3 Å². The van der Waals surface area contributed by atoms with Gasteiger partial charge in [0.2, 0.25) is 0 Å². The van der Waals surface area contributed by atoms with Crippen molar-refractivity contribution in [2.45, 2.75) is 98.6 Å². The van der Waals surface area contributed by atoms with E-state index in [1.807, 2.05) is 50.5 Å². The molecule has 6 atom stereocenters. The van der Waals surface area contributed by atoms with Crippen molar-refractivity contribution in [2.75, 3.05) is 82.2 Å². The van der Waals surface area contributed by atoms with Gasteiger partial charge < -0.3 is 46.0 Å². The molecule has 0 unspecified atom stereocenters. The van der Waals surface area contributed by atoms with E-state index < -0.39 is 11.2 Å². The van der Waals surface area contributed by atoms with E-state index in [-0.39, 0.29) is 130 Å². The molecule has 0 saturated carbocycles. The molecule has 9 aromatic carbocycles. The maximum Gasteiger partial charge on any atom is 0.335 e. The summed E-state index contributed by atoms with van der Waals surface area (Å²) in [6, 6.07) is 70.1. The van der Waals surface area contributed by atoms with Crippen molar-refractivity contribution in [2.24, 2.45) is 0 Å². The summed E-state index contributed by atoms with van der Waals surface area (Å²) in [6.45, 7) is 12.6. The van der Waals surface area contributed by atoms with E-state index >= 15 is 0 Å². The summed E-state index contributed by atoms with van der Waals surface area (Å²) in [5, 5.41) is 30.6. The summed E-state index contributed by atoms with van der Waals surface area (Å²) in [5.41, 5.74) is 9.04. The summed E-state index contributed by atoms with van der Waals surface area (Å²) < 4.78 is 0. The van der Waals surface area contributed by atoms with Crippen molar-refractivity contribution >= 4 is 168 Å². The van der Waals surface area contributed by atoms with Gasteiger partial charge in [-0.25, -0.2) is 4.79 Å². The SMILES string of the molecule is C.C.C.CNC.C[C@@H](N[C@H]1CCN(c2ccc(C(=O)Cl)cc2)C1)c1cccc2ccccc12.C[C@@H](N[C@H]1CCN(c2ccc(C(=O)N(C)C)cc2)C1)c1cccc2ccccc12.C[C@@H](N[C@H]1CCN(c2ccc(C(=O)O)cc2)C1)c1cccc2ccccc12.Cl.Cl.Cl.Cl.S.S.S. The highest BCUT2D eigenvalue weighted by Crippen LogP contribution is 2.31. The molecule has 3 fully saturated rings. The van der Waals surface area contributed by atoms with E-state index in [4.69, 9.17) is 16.7 Å². The van der Waals surface area contributed by atoms with Crippen molar-refractivity contribution in [3.8, 4) is 0 Å². The largest absolute Gasteiger partial charge is 0.478 e. The fourth-order valence-corrected chi connectivity index (χ4v) is 12.4. The van der Waals surface area contributed by atoms with Crippen LogP contribution in [0.5, 0.6) is 0 Å². The average molecular weight is 1470 g/mol. The molecule has 526 valence electrons. The van der Waals surface area contributed by atoms with Crippen molar-refractivity contribution < 1.29 is 19.5 Å². The first-order chi connectivity index (χ1) is 41.7. The van der Waals surface area contributed by atoms with E-state index in [0.717, 1.165) is 75.5 Å². The minimum absolute atomic E-state index is 0. The zero-order valence-electron chi connectivity index (χ0n) is 53.9. The third kappa shape index (κ3) is 24.2. The molecule has 0 aromatic heterocycles. The highest BCUT2D eigenvalue weighted by atomic mass is 35.5. The van der Waals surface area contributed by atoms with E-state index in [1.54, 1.807) is 43.3 Å². The molecule has 0 spiro atoms. The molecule has 9 aromatic rings. The predicted molar refractivity (Wildman–Crippen MR) is 438 cm³/mol. The number of rotatable bonds is 15. The van der Waals surface area contributed by atoms with Gasteiger partial charge in [0, 0.05) is 118 Å². The Morgan fingerprint density at radius 1 is 0.427 bits per heavy atom. The molecule has 0 bridgehead atoms. The summed E-state index contributed by atoms with van der Waals surface area (Å²) in [5.74, 6) is -0.840. The minimum Gasteiger partial charge on any atom is -0.478 e. The normalized spacial score (nSPS) is 15.6. The molecule has 96 heavy (non-hydrogen) atoms. The van der Waals surface area contributed by atoms with Gasteiger partial charge in [-0.15, -0.1) is 49.6 Å². The second kappa shape index (κ2) is 44.9. The number of carbonyl (C=O) groups excluding carboxylic acids is 2. The van der Waals surface area contributed by atoms with E-state index in [2.05, 4.69) is 196 Å². The number of aromatic carboxylic acids is 1. The van der Waals surface area contributed by atoms with Crippen LogP contribution >= 0.6 is 102 Å². The van der Waals surface area contributed by atoms with Gasteiger partial charge in [0.1, 0.15) is 0 Å². The second-order valence-electron chi connectivity index (χ2n) is 23.1. The number of carbonyl (C=O) groups is 3. The van der Waals surface area contributed by atoms with Crippen LogP contribution in [-0.4, -0.2) is 113 Å². The second-order valence-corrected chi connectivity index (χ2v) is 23.4. The van der Waals surface area contributed by atoms with Gasteiger partial charge in [-0.1, -0.05) is 150 Å². The molecule has 12 nitrogen and oxygen atoms in total. The summed E-state index contributed by atoms with van der Waals surface area (Å²) in [7, 11) is 7.31. The number of fused-ring (bicyclic) bond motifs is 3. The smallest absolute Gasteiger partial charge is 0.335 e. The molecule has 3 aliphatic heterocycles. The van der Waals surface area contributed by atoms with Crippen LogP contribution < -0.4 is 36.0 Å². The van der Waals surface area contributed by atoms with Crippen molar-refractivity contribution in [1.82, 2.24) is 26.2 Å². The predicted octanol–water partition coefficient (Wildman–Crippen LogP) is 17.9. The Morgan fingerprint density at radius 2 is 0.688 bits per heavy atom. The van der Waals surface area contributed by atoms with E-state index in [1.165, 1.54) is 54.7 Å². The van der Waals surface area contributed by atoms with Crippen LogP contribution in [0.25, 0.3) is 32.3 Å². The van der Waals surface area contributed by atoms with Crippen LogP contribution in [0.2, 0.25) is 0 Å². The highest BCUT2D eigenvalue weighted by Gasteiger charge is 2.28. The number of anilines is 3. The van der Waals surface area contributed by atoms with Gasteiger partial charge in [-0.2, -0.15) is 40.5 Å². The third-order valence-corrected chi connectivity index (χ3v) is 16.9. The van der Waals surface area contributed by atoms with Crippen LogP contribution in [0.15, 0.2) is 200 Å². The third-order valence-electron chi connectivity index (χ3n) is 16.7. The number of nitrogens with zero attached hydrogens (tertiary/aromatic N) is 4. The van der Waals surface area contributed by atoms with Gasteiger partial charge in [-0.05, 0) is 188 Å². The fraction of sp³-hybridized carbons (Fsp3) is 0.329. The Morgan fingerprint density at radius 3 is 0.958 bits per heavy atom. The summed E-state index contributed by atoms with van der Waals surface area (Å²) >= 11 is 5.53. The highest BCUT2D eigenvalue weighted by molar-refractivity contribution is 7.59. The molecular weight excluding hydrogens is 1360 g/mol. The molecule has 3 heterocycles. The number of carboxylic acid groups (broad SMARTS) is 1. The molecule has 12 rings (SSSR count). The number of amides is 1. The zero-order chi connectivity index (χ0) is 60.7. The Kier molecular flexibility index (Phi) is 43.1. The first-order valence-corrected chi connectivity index (χ1v) is 30.5. The van der Waals surface area contributed by atoms with Crippen LogP contribution in [-0.2, 0) is 0 Å². The molecule has 20 heteroatoms. The minimum atomic E-state index is -0.883. The Bertz CT molecular complexity index is 3560. The number of carboxylic acids is 1. The van der Waals surface area contributed by atoms with Crippen molar-refractivity contribution in [1.29, 1.82) is 0 Å². The molecule has 5 N–H and O–H groups in total. The monoisotopic (exact) mass is 1460 g/mol. The lowest BCUT2D eigenvalue weighted by Gasteiger charge is -2.23. The van der Waals surface area contributed by atoms with Crippen LogP contribution in [0, 0.1) is 0 Å².